The third-order valence-electron chi connectivity index (χ3n) is 3.88. The molecule has 0 fully saturated rings. The van der Waals surface area contributed by atoms with Gasteiger partial charge in [-0.3, -0.25) is 9.59 Å². The van der Waals surface area contributed by atoms with Crippen LogP contribution < -0.4 is 10.6 Å². The lowest BCUT2D eigenvalue weighted by molar-refractivity contribution is -0.121. The first-order chi connectivity index (χ1) is 12.7. The minimum absolute atomic E-state index is 0.109. The molecule has 2 N–H and O–H groups in total. The fourth-order valence-corrected chi connectivity index (χ4v) is 2.60. The van der Waals surface area contributed by atoms with Crippen molar-refractivity contribution in [3.8, 4) is 0 Å². The van der Waals surface area contributed by atoms with Gasteiger partial charge in [0.2, 0.25) is 5.91 Å². The molecule has 1 atom stereocenters. The number of hydrogen-bond donors (Lipinski definition) is 2. The van der Waals surface area contributed by atoms with E-state index in [2.05, 4.69) is 10.6 Å². The lowest BCUT2D eigenvalue weighted by Gasteiger charge is -2.17. The molecular formula is C20H20N2O4. The summed E-state index contributed by atoms with van der Waals surface area (Å²) in [6.07, 6.45) is 3.85. The Morgan fingerprint density at radius 3 is 2.38 bits per heavy atom. The van der Waals surface area contributed by atoms with Crippen LogP contribution in [0.25, 0.3) is 0 Å². The summed E-state index contributed by atoms with van der Waals surface area (Å²) < 4.78 is 10.5. The molecular weight excluding hydrogens is 332 g/mol. The van der Waals surface area contributed by atoms with E-state index in [4.69, 9.17) is 8.83 Å². The first-order valence-electron chi connectivity index (χ1n) is 8.43. The molecule has 0 spiro atoms. The zero-order chi connectivity index (χ0) is 18.2. The molecule has 6 nitrogen and oxygen atoms in total. The number of amides is 2. The van der Waals surface area contributed by atoms with Gasteiger partial charge in [-0.05, 0) is 36.2 Å². The van der Waals surface area contributed by atoms with Crippen molar-refractivity contribution in [1.82, 2.24) is 10.6 Å². The van der Waals surface area contributed by atoms with Gasteiger partial charge in [0.15, 0.2) is 5.76 Å². The molecule has 0 aliphatic heterocycles. The van der Waals surface area contributed by atoms with E-state index in [1.54, 1.807) is 24.5 Å². The number of hydrogen-bond acceptors (Lipinski definition) is 4. The molecule has 134 valence electrons. The van der Waals surface area contributed by atoms with Gasteiger partial charge in [0.1, 0.15) is 11.8 Å². The predicted molar refractivity (Wildman–Crippen MR) is 95.4 cm³/mol. The highest BCUT2D eigenvalue weighted by Crippen LogP contribution is 2.22. The Balaban J connectivity index is 1.50. The average Bonchev–Trinajstić information content (AvgIpc) is 3.38. The molecule has 2 heterocycles. The standard InChI is InChI=1S/C20H20N2O4/c23-18(11-4-12-21-20(24)17-10-6-14-26-17)22-19(16-9-5-13-25-16)15-7-2-1-3-8-15/h1-3,5-10,13-14,19H,4,11-12H2,(H,21,24)(H,22,23). The van der Waals surface area contributed by atoms with Crippen LogP contribution in [0.2, 0.25) is 0 Å². The monoisotopic (exact) mass is 352 g/mol. The minimum Gasteiger partial charge on any atom is -0.467 e. The first kappa shape index (κ1) is 17.5. The lowest BCUT2D eigenvalue weighted by Crippen LogP contribution is -2.30. The number of carbonyl (C=O) groups is 2. The van der Waals surface area contributed by atoms with E-state index in [1.165, 1.54) is 6.26 Å². The van der Waals surface area contributed by atoms with Crippen LogP contribution in [-0.2, 0) is 4.79 Å². The summed E-state index contributed by atoms with van der Waals surface area (Å²) in [5.74, 6) is 0.544. The van der Waals surface area contributed by atoms with E-state index in [0.717, 1.165) is 5.56 Å². The second-order valence-electron chi connectivity index (χ2n) is 5.76. The van der Waals surface area contributed by atoms with Gasteiger partial charge in [-0.25, -0.2) is 0 Å². The quantitative estimate of drug-likeness (QED) is 0.609. The second-order valence-corrected chi connectivity index (χ2v) is 5.76. The summed E-state index contributed by atoms with van der Waals surface area (Å²) in [6, 6.07) is 16.2. The Morgan fingerprint density at radius 2 is 1.69 bits per heavy atom. The van der Waals surface area contributed by atoms with E-state index < -0.39 is 0 Å². The number of nitrogens with one attached hydrogen (secondary N) is 2. The third kappa shape index (κ3) is 4.63. The molecule has 1 unspecified atom stereocenters. The van der Waals surface area contributed by atoms with E-state index in [-0.39, 0.29) is 23.6 Å². The molecule has 1 aromatic carbocycles. The zero-order valence-electron chi connectivity index (χ0n) is 14.2. The van der Waals surface area contributed by atoms with Crippen LogP contribution in [0, 0.1) is 0 Å². The topological polar surface area (TPSA) is 84.5 Å². The minimum atomic E-state index is -0.337. The zero-order valence-corrected chi connectivity index (χ0v) is 14.2. The Morgan fingerprint density at radius 1 is 0.923 bits per heavy atom. The van der Waals surface area contributed by atoms with Gasteiger partial charge in [0, 0.05) is 13.0 Å². The average molecular weight is 352 g/mol. The molecule has 0 saturated carbocycles. The van der Waals surface area contributed by atoms with Gasteiger partial charge in [0.25, 0.3) is 5.91 Å². The van der Waals surface area contributed by atoms with Crippen molar-refractivity contribution in [2.24, 2.45) is 0 Å². The van der Waals surface area contributed by atoms with Crippen LogP contribution in [0.5, 0.6) is 0 Å². The van der Waals surface area contributed by atoms with E-state index in [9.17, 15) is 9.59 Å². The normalized spacial score (nSPS) is 11.7. The van der Waals surface area contributed by atoms with Crippen molar-refractivity contribution in [3.05, 3.63) is 84.2 Å². The van der Waals surface area contributed by atoms with Crippen molar-refractivity contribution in [2.45, 2.75) is 18.9 Å². The van der Waals surface area contributed by atoms with Crippen LogP contribution in [0.3, 0.4) is 0 Å². The summed E-state index contributed by atoms with van der Waals surface area (Å²) in [7, 11) is 0. The van der Waals surface area contributed by atoms with Crippen LogP contribution in [0.4, 0.5) is 0 Å². The summed E-state index contributed by atoms with van der Waals surface area (Å²) >= 11 is 0. The molecule has 0 saturated heterocycles. The molecule has 6 heteroatoms. The van der Waals surface area contributed by atoms with Crippen LogP contribution in [0.1, 0.15) is 40.8 Å². The smallest absolute Gasteiger partial charge is 0.286 e. The Hall–Kier alpha value is -3.28. The fraction of sp³-hybridized carbons (Fsp3) is 0.200. The van der Waals surface area contributed by atoms with Gasteiger partial charge in [-0.1, -0.05) is 30.3 Å². The summed E-state index contributed by atoms with van der Waals surface area (Å²) in [4.78, 5) is 24.1. The van der Waals surface area contributed by atoms with Gasteiger partial charge in [-0.15, -0.1) is 0 Å². The van der Waals surface area contributed by atoms with Gasteiger partial charge < -0.3 is 19.5 Å². The van der Waals surface area contributed by atoms with Crippen molar-refractivity contribution in [2.75, 3.05) is 6.54 Å². The number of rotatable bonds is 8. The number of furan rings is 2. The molecule has 3 rings (SSSR count). The van der Waals surface area contributed by atoms with Gasteiger partial charge >= 0.3 is 0 Å². The maximum atomic E-state index is 12.3. The summed E-state index contributed by atoms with van der Waals surface area (Å²) in [6.45, 7) is 0.393. The fourth-order valence-electron chi connectivity index (χ4n) is 2.60. The number of benzene rings is 1. The van der Waals surface area contributed by atoms with Gasteiger partial charge in [0.05, 0.1) is 12.5 Å². The predicted octanol–water partition coefficient (Wildman–Crippen LogP) is 3.29. The molecule has 0 bridgehead atoms. The second kappa shape index (κ2) is 8.71. The maximum Gasteiger partial charge on any atom is 0.286 e. The Labute approximate surface area is 151 Å². The van der Waals surface area contributed by atoms with E-state index >= 15 is 0 Å². The van der Waals surface area contributed by atoms with Crippen LogP contribution in [0.15, 0.2) is 76.0 Å². The van der Waals surface area contributed by atoms with E-state index in [0.29, 0.717) is 25.1 Å². The van der Waals surface area contributed by atoms with E-state index in [1.807, 2.05) is 36.4 Å². The largest absolute Gasteiger partial charge is 0.467 e. The molecule has 3 aromatic rings. The highest BCUT2D eigenvalue weighted by atomic mass is 16.3. The number of carbonyl (C=O) groups excluding carboxylic acids is 2. The third-order valence-corrected chi connectivity index (χ3v) is 3.88. The van der Waals surface area contributed by atoms with Crippen molar-refractivity contribution < 1.29 is 18.4 Å². The highest BCUT2D eigenvalue weighted by molar-refractivity contribution is 5.91. The Kier molecular flexibility index (Phi) is 5.88. The highest BCUT2D eigenvalue weighted by Gasteiger charge is 2.19. The van der Waals surface area contributed by atoms with Crippen molar-refractivity contribution in [1.29, 1.82) is 0 Å². The first-order valence-corrected chi connectivity index (χ1v) is 8.43. The van der Waals surface area contributed by atoms with Crippen LogP contribution >= 0.6 is 0 Å². The summed E-state index contributed by atoms with van der Waals surface area (Å²) in [5, 5.41) is 5.71. The van der Waals surface area contributed by atoms with Gasteiger partial charge in [-0.2, -0.15) is 0 Å². The Bertz CT molecular complexity index is 811. The van der Waals surface area contributed by atoms with Crippen LogP contribution in [-0.4, -0.2) is 18.4 Å². The summed E-state index contributed by atoms with van der Waals surface area (Å²) in [5.41, 5.74) is 0.946. The van der Waals surface area contributed by atoms with Crippen molar-refractivity contribution in [3.63, 3.8) is 0 Å². The lowest BCUT2D eigenvalue weighted by atomic mass is 10.0. The maximum absolute atomic E-state index is 12.3. The SMILES string of the molecule is O=C(CCCNC(=O)c1ccco1)NC(c1ccccc1)c1ccco1. The molecule has 2 amide bonds. The molecule has 2 aromatic heterocycles. The molecule has 0 aliphatic carbocycles. The molecule has 0 aliphatic rings. The van der Waals surface area contributed by atoms with Crippen molar-refractivity contribution >= 4 is 11.8 Å². The molecule has 26 heavy (non-hydrogen) atoms. The molecule has 0 radical (unpaired) electrons.